The van der Waals surface area contributed by atoms with Gasteiger partial charge in [0.1, 0.15) is 5.75 Å². The average Bonchev–Trinajstić information content (AvgIpc) is 2.62. The number of carbonyl (C=O) groups is 1. The van der Waals surface area contributed by atoms with Gasteiger partial charge in [0.25, 0.3) is 0 Å². The highest BCUT2D eigenvalue weighted by molar-refractivity contribution is 5.83. The summed E-state index contributed by atoms with van der Waals surface area (Å²) in [7, 11) is 1.70. The van der Waals surface area contributed by atoms with Gasteiger partial charge in [0, 0.05) is 6.08 Å². The molecule has 0 spiro atoms. The molecule has 152 valence electrons. The largest absolute Gasteiger partial charge is 0.496 e. The Hall–Kier alpha value is -2.55. The van der Waals surface area contributed by atoms with Crippen LogP contribution in [0.3, 0.4) is 0 Å². The van der Waals surface area contributed by atoms with E-state index in [4.69, 9.17) is 9.47 Å². The fourth-order valence-electron chi connectivity index (χ4n) is 2.68. The maximum absolute atomic E-state index is 11.7. The van der Waals surface area contributed by atoms with Crippen molar-refractivity contribution in [1.82, 2.24) is 0 Å². The Morgan fingerprint density at radius 2 is 1.75 bits per heavy atom. The summed E-state index contributed by atoms with van der Waals surface area (Å²) in [5, 5.41) is 0. The number of carbonyl (C=O) groups excluding carboxylic acids is 1. The van der Waals surface area contributed by atoms with E-state index in [1.165, 1.54) is 28.3 Å². The van der Waals surface area contributed by atoms with E-state index in [0.29, 0.717) is 12.5 Å². The lowest BCUT2D eigenvalue weighted by Crippen LogP contribution is -2.07. The minimum atomic E-state index is -0.294. The quantitative estimate of drug-likeness (QED) is 0.301. The normalized spacial score (nSPS) is 13.0. The van der Waals surface area contributed by atoms with Crippen LogP contribution in [0.2, 0.25) is 0 Å². The van der Waals surface area contributed by atoms with Gasteiger partial charge in [-0.3, -0.25) is 0 Å². The number of hydrogen-bond acceptors (Lipinski definition) is 3. The molecule has 0 aromatic heterocycles. The second-order valence-corrected chi connectivity index (χ2v) is 7.57. The molecule has 0 fully saturated rings. The molecule has 0 saturated heterocycles. The first kappa shape index (κ1) is 23.5. The highest BCUT2D eigenvalue weighted by atomic mass is 16.5. The number of rotatable bonds is 8. The number of benzene rings is 1. The standard InChI is InChI=1S/C25H34O3/c1-17(2)16-28-25(26)14-19(4)11-9-10-18(3)12-13-23-20(5)15-24(27-8)22(7)21(23)6/h9-15,17H,16H2,1-8H3/b11-9+,13-12+,18-10+,19-14+. The third-order valence-corrected chi connectivity index (χ3v) is 4.46. The van der Waals surface area contributed by atoms with Crippen molar-refractivity contribution >= 4 is 12.0 Å². The molecule has 0 radical (unpaired) electrons. The van der Waals surface area contributed by atoms with Crippen LogP contribution in [0.25, 0.3) is 6.08 Å². The van der Waals surface area contributed by atoms with Gasteiger partial charge in [-0.25, -0.2) is 4.79 Å². The third kappa shape index (κ3) is 7.59. The summed E-state index contributed by atoms with van der Waals surface area (Å²) in [6.45, 7) is 14.7. The van der Waals surface area contributed by atoms with Crippen LogP contribution < -0.4 is 4.74 Å². The van der Waals surface area contributed by atoms with Crippen LogP contribution in [-0.4, -0.2) is 19.7 Å². The van der Waals surface area contributed by atoms with E-state index >= 15 is 0 Å². The highest BCUT2D eigenvalue weighted by Crippen LogP contribution is 2.28. The number of allylic oxidation sites excluding steroid dienone is 6. The average molecular weight is 383 g/mol. The van der Waals surface area contributed by atoms with Gasteiger partial charge in [-0.1, -0.05) is 49.8 Å². The van der Waals surface area contributed by atoms with Crippen molar-refractivity contribution in [2.45, 2.75) is 48.5 Å². The van der Waals surface area contributed by atoms with Crippen LogP contribution in [-0.2, 0) is 9.53 Å². The van der Waals surface area contributed by atoms with Gasteiger partial charge >= 0.3 is 5.97 Å². The smallest absolute Gasteiger partial charge is 0.331 e. The molecule has 0 aliphatic carbocycles. The van der Waals surface area contributed by atoms with E-state index in [1.54, 1.807) is 7.11 Å². The zero-order valence-corrected chi connectivity index (χ0v) is 18.6. The summed E-state index contributed by atoms with van der Waals surface area (Å²) < 4.78 is 10.6. The van der Waals surface area contributed by atoms with Crippen molar-refractivity contribution < 1.29 is 14.3 Å². The lowest BCUT2D eigenvalue weighted by molar-refractivity contribution is -0.138. The van der Waals surface area contributed by atoms with Crippen molar-refractivity contribution in [3.8, 4) is 5.75 Å². The molecule has 1 aromatic rings. The second-order valence-electron chi connectivity index (χ2n) is 7.57. The summed E-state index contributed by atoms with van der Waals surface area (Å²) in [6, 6.07) is 2.08. The van der Waals surface area contributed by atoms with Gasteiger partial charge in [0.2, 0.25) is 0 Å². The topological polar surface area (TPSA) is 35.5 Å². The lowest BCUT2D eigenvalue weighted by Gasteiger charge is -2.13. The molecule has 0 saturated carbocycles. The summed E-state index contributed by atoms with van der Waals surface area (Å²) in [4.78, 5) is 11.7. The summed E-state index contributed by atoms with van der Waals surface area (Å²) in [6.07, 6.45) is 11.6. The molecule has 0 amide bonds. The monoisotopic (exact) mass is 382 g/mol. The Bertz CT molecular complexity index is 806. The zero-order valence-electron chi connectivity index (χ0n) is 18.6. The molecule has 3 nitrogen and oxygen atoms in total. The first-order valence-corrected chi connectivity index (χ1v) is 9.68. The Labute approximate surface area is 170 Å². The Morgan fingerprint density at radius 1 is 1.07 bits per heavy atom. The van der Waals surface area contributed by atoms with Crippen molar-refractivity contribution in [2.75, 3.05) is 13.7 Å². The predicted octanol–water partition coefficient (Wildman–Crippen LogP) is 6.28. The molecular formula is C25H34O3. The molecule has 0 N–H and O–H groups in total. The molecule has 0 heterocycles. The van der Waals surface area contributed by atoms with Gasteiger partial charge in [0.05, 0.1) is 13.7 Å². The van der Waals surface area contributed by atoms with E-state index in [9.17, 15) is 4.79 Å². The van der Waals surface area contributed by atoms with E-state index in [2.05, 4.69) is 45.9 Å². The number of hydrogen-bond donors (Lipinski definition) is 0. The van der Waals surface area contributed by atoms with E-state index in [1.807, 2.05) is 39.0 Å². The number of aryl methyl sites for hydroxylation is 1. The molecule has 0 unspecified atom stereocenters. The molecule has 1 rings (SSSR count). The van der Waals surface area contributed by atoms with Crippen molar-refractivity contribution in [1.29, 1.82) is 0 Å². The minimum absolute atomic E-state index is 0.294. The maximum atomic E-state index is 11.7. The molecule has 3 heteroatoms. The van der Waals surface area contributed by atoms with Crippen molar-refractivity contribution in [2.24, 2.45) is 5.92 Å². The van der Waals surface area contributed by atoms with Crippen LogP contribution in [0, 0.1) is 26.7 Å². The van der Waals surface area contributed by atoms with E-state index in [0.717, 1.165) is 16.9 Å². The number of methoxy groups -OCH3 is 1. The van der Waals surface area contributed by atoms with Crippen LogP contribution in [0.5, 0.6) is 5.75 Å². The summed E-state index contributed by atoms with van der Waals surface area (Å²) >= 11 is 0. The maximum Gasteiger partial charge on any atom is 0.331 e. The molecule has 28 heavy (non-hydrogen) atoms. The van der Waals surface area contributed by atoms with Crippen LogP contribution in [0.15, 0.2) is 47.6 Å². The van der Waals surface area contributed by atoms with Crippen LogP contribution in [0.4, 0.5) is 0 Å². The highest BCUT2D eigenvalue weighted by Gasteiger charge is 2.08. The fraction of sp³-hybridized carbons (Fsp3) is 0.400. The first-order valence-electron chi connectivity index (χ1n) is 9.68. The first-order chi connectivity index (χ1) is 13.1. The number of ether oxygens (including phenoxy) is 2. The Balaban J connectivity index is 2.81. The van der Waals surface area contributed by atoms with Gasteiger partial charge < -0.3 is 9.47 Å². The summed E-state index contributed by atoms with van der Waals surface area (Å²) in [5.41, 5.74) is 6.80. The third-order valence-electron chi connectivity index (χ3n) is 4.46. The molecule has 0 aliphatic heterocycles. The Morgan fingerprint density at radius 3 is 2.36 bits per heavy atom. The van der Waals surface area contributed by atoms with Gasteiger partial charge in [-0.15, -0.1) is 0 Å². The zero-order chi connectivity index (χ0) is 21.3. The van der Waals surface area contributed by atoms with Crippen molar-refractivity contribution in [3.05, 3.63) is 69.8 Å². The van der Waals surface area contributed by atoms with Gasteiger partial charge in [-0.05, 0) is 74.4 Å². The van der Waals surface area contributed by atoms with E-state index in [-0.39, 0.29) is 5.97 Å². The Kier molecular flexibility index (Phi) is 9.50. The van der Waals surface area contributed by atoms with Gasteiger partial charge in [-0.2, -0.15) is 0 Å². The minimum Gasteiger partial charge on any atom is -0.496 e. The lowest BCUT2D eigenvalue weighted by atomic mass is 9.96. The molecule has 1 aromatic carbocycles. The van der Waals surface area contributed by atoms with Crippen molar-refractivity contribution in [3.63, 3.8) is 0 Å². The molecule has 0 bridgehead atoms. The van der Waals surface area contributed by atoms with Crippen LogP contribution >= 0.6 is 0 Å². The fourth-order valence-corrected chi connectivity index (χ4v) is 2.68. The van der Waals surface area contributed by atoms with E-state index < -0.39 is 0 Å². The predicted molar refractivity (Wildman–Crippen MR) is 119 cm³/mol. The molecular weight excluding hydrogens is 348 g/mol. The molecule has 0 aliphatic rings. The van der Waals surface area contributed by atoms with Gasteiger partial charge in [0.15, 0.2) is 0 Å². The van der Waals surface area contributed by atoms with Crippen LogP contribution in [0.1, 0.15) is 49.9 Å². The SMILES string of the molecule is COc1cc(C)c(/C=C/C(C)=C/C=C/C(C)=C/C(=O)OCC(C)C)c(C)c1C. The summed E-state index contributed by atoms with van der Waals surface area (Å²) in [5.74, 6) is 0.973. The molecule has 0 atom stereocenters. The second kappa shape index (κ2) is 11.3. The number of esters is 1.